The molecule has 4 rings (SSSR count). The maximum Gasteiger partial charge on any atom is 0.263 e. The first-order valence-electron chi connectivity index (χ1n) is 8.80. The number of nitrogens with one attached hydrogen (secondary N) is 2. The molecule has 4 aromatic rings. The molecule has 146 valence electrons. The molecule has 6 nitrogen and oxygen atoms in total. The molecule has 1 aromatic heterocycles. The van der Waals surface area contributed by atoms with Crippen LogP contribution in [-0.2, 0) is 10.0 Å². The van der Waals surface area contributed by atoms with Gasteiger partial charge in [0.1, 0.15) is 0 Å². The lowest BCUT2D eigenvalue weighted by Crippen LogP contribution is -2.16. The summed E-state index contributed by atoms with van der Waals surface area (Å²) in [5.41, 5.74) is 2.90. The Hall–Kier alpha value is -3.16. The van der Waals surface area contributed by atoms with E-state index in [-0.39, 0.29) is 10.7 Å². The van der Waals surface area contributed by atoms with Crippen molar-refractivity contribution in [2.75, 3.05) is 10.0 Å². The van der Waals surface area contributed by atoms with Crippen LogP contribution in [0, 0.1) is 6.92 Å². The van der Waals surface area contributed by atoms with Crippen LogP contribution >= 0.6 is 11.6 Å². The largest absolute Gasteiger partial charge is 0.337 e. The normalized spacial score (nSPS) is 11.4. The van der Waals surface area contributed by atoms with Gasteiger partial charge in [0, 0.05) is 10.7 Å². The molecule has 0 spiro atoms. The highest BCUT2D eigenvalue weighted by atomic mass is 35.5. The third kappa shape index (κ3) is 4.31. The molecule has 0 bridgehead atoms. The number of hydrogen-bond acceptors (Lipinski definition) is 5. The summed E-state index contributed by atoms with van der Waals surface area (Å²) < 4.78 is 28.3. The van der Waals surface area contributed by atoms with Gasteiger partial charge in [-0.25, -0.2) is 18.4 Å². The Morgan fingerprint density at radius 1 is 0.793 bits per heavy atom. The molecule has 2 N–H and O–H groups in total. The van der Waals surface area contributed by atoms with Crippen molar-refractivity contribution in [2.45, 2.75) is 11.8 Å². The van der Waals surface area contributed by atoms with E-state index in [0.717, 1.165) is 5.56 Å². The van der Waals surface area contributed by atoms with E-state index in [4.69, 9.17) is 11.6 Å². The quantitative estimate of drug-likeness (QED) is 0.463. The number of aryl methyl sites for hydroxylation is 1. The lowest BCUT2D eigenvalue weighted by atomic mass is 10.2. The molecule has 0 amide bonds. The van der Waals surface area contributed by atoms with E-state index in [2.05, 4.69) is 20.0 Å². The summed E-state index contributed by atoms with van der Waals surface area (Å²) in [5, 5.41) is 3.71. The number of hydrogen-bond donors (Lipinski definition) is 2. The summed E-state index contributed by atoms with van der Waals surface area (Å²) in [7, 11) is -3.83. The number of rotatable bonds is 5. The van der Waals surface area contributed by atoms with E-state index >= 15 is 0 Å². The van der Waals surface area contributed by atoms with Crippen LogP contribution < -0.4 is 10.0 Å². The second-order valence-electron chi connectivity index (χ2n) is 6.46. The Morgan fingerprint density at radius 3 is 2.00 bits per heavy atom. The van der Waals surface area contributed by atoms with Crippen LogP contribution in [0.15, 0.2) is 77.7 Å². The molecule has 0 saturated carbocycles. The molecule has 0 aliphatic rings. The predicted octanol–water partition coefficient (Wildman–Crippen LogP) is 5.14. The van der Waals surface area contributed by atoms with Crippen LogP contribution in [0.2, 0.25) is 5.02 Å². The second kappa shape index (κ2) is 7.69. The molecule has 0 saturated heterocycles. The van der Waals surface area contributed by atoms with Gasteiger partial charge in [-0.1, -0.05) is 41.4 Å². The summed E-state index contributed by atoms with van der Waals surface area (Å²) >= 11 is 5.94. The highest BCUT2D eigenvalue weighted by molar-refractivity contribution is 7.92. The average Bonchev–Trinajstić information content (AvgIpc) is 2.70. The van der Waals surface area contributed by atoms with Gasteiger partial charge in [0.2, 0.25) is 0 Å². The summed E-state index contributed by atoms with van der Waals surface area (Å²) in [5.74, 6) is 0.404. The molecule has 0 atom stereocenters. The van der Waals surface area contributed by atoms with E-state index in [0.29, 0.717) is 27.6 Å². The van der Waals surface area contributed by atoms with Gasteiger partial charge < -0.3 is 5.32 Å². The molecule has 3 aromatic carbocycles. The summed E-state index contributed by atoms with van der Waals surface area (Å²) in [6.07, 6.45) is 0. The highest BCUT2D eigenvalue weighted by Gasteiger charge is 2.19. The number of halogens is 1. The molecule has 0 radical (unpaired) electrons. The van der Waals surface area contributed by atoms with Crippen molar-refractivity contribution in [3.05, 3.63) is 83.4 Å². The Morgan fingerprint density at radius 2 is 1.38 bits per heavy atom. The number of nitrogens with zero attached hydrogens (tertiary/aromatic N) is 2. The predicted molar refractivity (Wildman–Crippen MR) is 116 cm³/mol. The molecule has 0 aliphatic carbocycles. The van der Waals surface area contributed by atoms with Gasteiger partial charge >= 0.3 is 0 Å². The van der Waals surface area contributed by atoms with E-state index in [9.17, 15) is 8.42 Å². The van der Waals surface area contributed by atoms with E-state index < -0.39 is 10.0 Å². The Balaban J connectivity index is 1.77. The van der Waals surface area contributed by atoms with Gasteiger partial charge in [0.05, 0.1) is 15.9 Å². The lowest BCUT2D eigenvalue weighted by Gasteiger charge is -2.14. The summed E-state index contributed by atoms with van der Waals surface area (Å²) in [4.78, 5) is 9.18. The number of aromatic nitrogens is 2. The van der Waals surface area contributed by atoms with Crippen LogP contribution in [0.3, 0.4) is 0 Å². The SMILES string of the molecule is Cc1ccc(S(=O)(=O)Nc2nc3ccccc3nc2Nc2ccc(Cl)cc2)cc1. The number of anilines is 3. The number of fused-ring (bicyclic) bond motifs is 1. The average molecular weight is 425 g/mol. The van der Waals surface area contributed by atoms with Gasteiger partial charge in [-0.3, -0.25) is 4.72 Å². The fourth-order valence-corrected chi connectivity index (χ4v) is 3.87. The third-order valence-corrected chi connectivity index (χ3v) is 5.85. The molecule has 29 heavy (non-hydrogen) atoms. The van der Waals surface area contributed by atoms with Crippen molar-refractivity contribution in [3.63, 3.8) is 0 Å². The zero-order valence-corrected chi connectivity index (χ0v) is 17.0. The fourth-order valence-electron chi connectivity index (χ4n) is 2.73. The number of benzene rings is 3. The van der Waals surface area contributed by atoms with E-state index in [1.54, 1.807) is 54.6 Å². The van der Waals surface area contributed by atoms with Gasteiger partial charge in [0.25, 0.3) is 10.0 Å². The number of sulfonamides is 1. The maximum atomic E-state index is 12.9. The van der Waals surface area contributed by atoms with Crippen molar-refractivity contribution >= 4 is 50.0 Å². The maximum absolute atomic E-state index is 12.9. The molecular formula is C21H17ClN4O2S. The van der Waals surface area contributed by atoms with E-state index in [1.165, 1.54) is 0 Å². The van der Waals surface area contributed by atoms with Crippen molar-refractivity contribution in [2.24, 2.45) is 0 Å². The zero-order valence-electron chi connectivity index (χ0n) is 15.4. The van der Waals surface area contributed by atoms with Gasteiger partial charge in [-0.15, -0.1) is 0 Å². The Bertz CT molecular complexity index is 1270. The number of para-hydroxylation sites is 2. The van der Waals surface area contributed by atoms with Crippen LogP contribution in [-0.4, -0.2) is 18.4 Å². The zero-order chi connectivity index (χ0) is 20.4. The molecule has 0 fully saturated rings. The van der Waals surface area contributed by atoms with Gasteiger partial charge in [-0.2, -0.15) is 0 Å². The lowest BCUT2D eigenvalue weighted by molar-refractivity contribution is 0.601. The Labute approximate surface area is 173 Å². The molecule has 8 heteroatoms. The van der Waals surface area contributed by atoms with Crippen molar-refractivity contribution in [3.8, 4) is 0 Å². The molecular weight excluding hydrogens is 408 g/mol. The second-order valence-corrected chi connectivity index (χ2v) is 8.58. The first-order chi connectivity index (χ1) is 13.9. The van der Waals surface area contributed by atoms with Crippen LogP contribution in [0.25, 0.3) is 11.0 Å². The smallest absolute Gasteiger partial charge is 0.263 e. The van der Waals surface area contributed by atoms with Gasteiger partial charge in [-0.05, 0) is 55.5 Å². The molecule has 0 unspecified atom stereocenters. The van der Waals surface area contributed by atoms with Gasteiger partial charge in [0.15, 0.2) is 11.6 Å². The first kappa shape index (κ1) is 19.2. The van der Waals surface area contributed by atoms with Crippen LogP contribution in [0.4, 0.5) is 17.3 Å². The van der Waals surface area contributed by atoms with Crippen molar-refractivity contribution < 1.29 is 8.42 Å². The molecule has 1 heterocycles. The minimum absolute atomic E-state index is 0.110. The minimum atomic E-state index is -3.83. The van der Waals surface area contributed by atoms with Crippen molar-refractivity contribution in [1.29, 1.82) is 0 Å². The van der Waals surface area contributed by atoms with E-state index in [1.807, 2.05) is 25.1 Å². The standard InChI is InChI=1S/C21H17ClN4O2S/c1-14-6-12-17(13-7-14)29(27,28)26-21-20(23-16-10-8-15(22)9-11-16)24-18-4-2-3-5-19(18)25-21/h2-13H,1H3,(H,23,24)(H,25,26). The molecule has 0 aliphatic heterocycles. The van der Waals surface area contributed by atoms with Crippen molar-refractivity contribution in [1.82, 2.24) is 9.97 Å². The monoisotopic (exact) mass is 424 g/mol. The highest BCUT2D eigenvalue weighted by Crippen LogP contribution is 2.27. The Kier molecular flexibility index (Phi) is 5.08. The van der Waals surface area contributed by atoms with Crippen LogP contribution in [0.1, 0.15) is 5.56 Å². The summed E-state index contributed by atoms with van der Waals surface area (Å²) in [6.45, 7) is 1.90. The van der Waals surface area contributed by atoms with Crippen LogP contribution in [0.5, 0.6) is 0 Å². The first-order valence-corrected chi connectivity index (χ1v) is 10.7. The summed E-state index contributed by atoms with van der Waals surface area (Å²) in [6, 6.07) is 20.9. The minimum Gasteiger partial charge on any atom is -0.337 e. The fraction of sp³-hybridized carbons (Fsp3) is 0.0476. The third-order valence-electron chi connectivity index (χ3n) is 4.24. The topological polar surface area (TPSA) is 84.0 Å².